The molecule has 0 saturated carbocycles. The van der Waals surface area contributed by atoms with Crippen LogP contribution in [0.25, 0.3) is 53.4 Å². The summed E-state index contributed by atoms with van der Waals surface area (Å²) in [6.45, 7) is 18.1. The van der Waals surface area contributed by atoms with E-state index in [0.29, 0.717) is 54.3 Å². The molecule has 10 heteroatoms. The van der Waals surface area contributed by atoms with Crippen LogP contribution in [0.3, 0.4) is 0 Å². The van der Waals surface area contributed by atoms with Gasteiger partial charge in [-0.25, -0.2) is 4.85 Å². The molecule has 0 amide bonds. The van der Waals surface area contributed by atoms with Gasteiger partial charge in [-0.3, -0.25) is 4.79 Å². The molecule has 2 aliphatic heterocycles. The summed E-state index contributed by atoms with van der Waals surface area (Å²) in [6, 6.07) is 39.9. The molecule has 0 fully saturated rings. The van der Waals surface area contributed by atoms with E-state index in [1.807, 2.05) is 0 Å². The Morgan fingerprint density at radius 2 is 1.05 bits per heavy atom. The highest BCUT2D eigenvalue weighted by Crippen LogP contribution is 2.60. The van der Waals surface area contributed by atoms with E-state index in [-0.39, 0.29) is 10.8 Å². The Hall–Kier alpha value is -6.80. The average molecular weight is 853 g/mol. The Balaban J connectivity index is 1.03. The van der Waals surface area contributed by atoms with E-state index in [0.717, 1.165) is 37.3 Å². The Bertz CT molecular complexity index is 2990. The number of anilines is 3. The number of rotatable bonds is 7. The zero-order valence-corrected chi connectivity index (χ0v) is 36.1. The van der Waals surface area contributed by atoms with Crippen molar-refractivity contribution in [1.82, 2.24) is 0 Å². The van der Waals surface area contributed by atoms with E-state index in [1.165, 1.54) is 73.3 Å². The maximum Gasteiger partial charge on any atom is 0.333 e. The summed E-state index contributed by atoms with van der Waals surface area (Å²) < 4.78 is 24.8. The summed E-state index contributed by atoms with van der Waals surface area (Å²) >= 11 is 2.85. The minimum absolute atomic E-state index is 0.164. The molecule has 0 bridgehead atoms. The van der Waals surface area contributed by atoms with Gasteiger partial charge >= 0.3 is 5.97 Å². The van der Waals surface area contributed by atoms with Crippen molar-refractivity contribution in [3.05, 3.63) is 153 Å². The van der Waals surface area contributed by atoms with Crippen molar-refractivity contribution in [3.8, 4) is 65.4 Å². The van der Waals surface area contributed by atoms with E-state index in [9.17, 15) is 9.90 Å². The van der Waals surface area contributed by atoms with Crippen molar-refractivity contribution in [1.29, 1.82) is 0 Å². The highest BCUT2D eigenvalue weighted by atomic mass is 32.1. The molecular formula is C52H40N2O6S2. The fraction of sp³-hybridized carbons (Fsp3) is 0.192. The van der Waals surface area contributed by atoms with Crippen LogP contribution in [0, 0.1) is 6.57 Å². The van der Waals surface area contributed by atoms with E-state index in [1.54, 1.807) is 0 Å². The number of benzene rings is 5. The maximum atomic E-state index is 11.8. The van der Waals surface area contributed by atoms with Crippen LogP contribution in [-0.2, 0) is 15.6 Å². The third-order valence-electron chi connectivity index (χ3n) is 12.7. The van der Waals surface area contributed by atoms with Crippen LogP contribution in [0.15, 0.2) is 115 Å². The number of hydrogen-bond donors (Lipinski definition) is 1. The third-order valence-corrected chi connectivity index (χ3v) is 15.1. The van der Waals surface area contributed by atoms with Gasteiger partial charge in [0.1, 0.15) is 26.4 Å². The van der Waals surface area contributed by atoms with Crippen molar-refractivity contribution in [2.45, 2.75) is 38.5 Å². The van der Waals surface area contributed by atoms with Crippen LogP contribution < -0.4 is 23.8 Å². The van der Waals surface area contributed by atoms with Crippen molar-refractivity contribution < 1.29 is 28.8 Å². The fourth-order valence-electron chi connectivity index (χ4n) is 9.65. The molecule has 0 saturated heterocycles. The van der Waals surface area contributed by atoms with Crippen LogP contribution in [-0.4, -0.2) is 37.5 Å². The van der Waals surface area contributed by atoms with Gasteiger partial charge in [0.2, 0.25) is 0 Å². The number of thiophene rings is 2. The van der Waals surface area contributed by atoms with Crippen LogP contribution in [0.1, 0.15) is 54.8 Å². The molecule has 5 aromatic carbocycles. The first-order chi connectivity index (χ1) is 30.0. The maximum absolute atomic E-state index is 11.8. The van der Waals surface area contributed by atoms with E-state index >= 15 is 0 Å². The highest BCUT2D eigenvalue weighted by Gasteiger charge is 2.38. The summed E-state index contributed by atoms with van der Waals surface area (Å²) in [6.07, 6.45) is 1.35. The molecule has 11 rings (SSSR count). The molecule has 1 N–H and O–H groups in total. The molecule has 306 valence electrons. The summed E-state index contributed by atoms with van der Waals surface area (Å²) in [7, 11) is 0. The molecule has 7 aromatic rings. The number of ether oxygens (including phenoxy) is 4. The second kappa shape index (κ2) is 14.1. The number of fused-ring (bicyclic) bond motifs is 8. The molecule has 0 spiro atoms. The zero-order chi connectivity index (χ0) is 42.5. The molecule has 0 atom stereocenters. The average Bonchev–Trinajstić information content (AvgIpc) is 3.99. The number of carbonyl (C=O) groups is 1. The minimum Gasteiger partial charge on any atom is -0.486 e. The van der Waals surface area contributed by atoms with E-state index in [4.69, 9.17) is 25.5 Å². The molecule has 4 heterocycles. The first-order valence-corrected chi connectivity index (χ1v) is 22.2. The van der Waals surface area contributed by atoms with Gasteiger partial charge in [0.25, 0.3) is 5.70 Å². The fourth-order valence-corrected chi connectivity index (χ4v) is 12.1. The molecule has 4 aliphatic rings. The minimum atomic E-state index is -1.30. The predicted molar refractivity (Wildman–Crippen MR) is 247 cm³/mol. The standard InChI is InChI=1S/C52H40N2O6S2/c1-51(2)37-12-8-6-10-33(37)35-20-18-31(26-39(35)51)54(32-19-21-36-34-11-7-9-13-38(34)52(3,4)40(36)27-32)30-16-14-29(15-17-30)47-45-46(60-25-24-59-45)49(62-47)48-44-43(57-22-23-58-44)42(61-48)28-41(53-5)50(55)56/h6-21,26-28H,22-25H2,1-4H3,(H,55,56)/b41-28-. The summed E-state index contributed by atoms with van der Waals surface area (Å²) in [5.74, 6) is 0.916. The lowest BCUT2D eigenvalue weighted by atomic mass is 9.82. The van der Waals surface area contributed by atoms with Crippen LogP contribution in [0.5, 0.6) is 23.0 Å². The molecular weight excluding hydrogens is 813 g/mol. The highest BCUT2D eigenvalue weighted by molar-refractivity contribution is 7.25. The summed E-state index contributed by atoms with van der Waals surface area (Å²) in [4.78, 5) is 20.3. The summed E-state index contributed by atoms with van der Waals surface area (Å²) in [5.41, 5.74) is 13.8. The molecule has 0 unspecified atom stereocenters. The van der Waals surface area contributed by atoms with Gasteiger partial charge in [-0.2, -0.15) is 0 Å². The SMILES string of the molecule is [C-]#[N+]/C(=C\c1sc(-c2sc(-c3ccc(N(c4ccc5c(c4)C(C)(C)c4ccccc4-5)c4ccc5c(c4)C(C)(C)c4ccccc4-5)cc3)c3c2OCCO3)c2c1OCCO2)C(=O)O. The van der Waals surface area contributed by atoms with Gasteiger partial charge in [-0.15, -0.1) is 22.7 Å². The van der Waals surface area contributed by atoms with E-state index in [2.05, 4.69) is 147 Å². The number of aliphatic carboxylic acids is 1. The van der Waals surface area contributed by atoms with Gasteiger partial charge < -0.3 is 29.0 Å². The quantitative estimate of drug-likeness (QED) is 0.126. The number of nitrogens with zero attached hydrogens (tertiary/aromatic N) is 2. The first-order valence-electron chi connectivity index (χ1n) is 20.6. The lowest BCUT2D eigenvalue weighted by molar-refractivity contribution is -0.132. The van der Waals surface area contributed by atoms with Crippen molar-refractivity contribution >= 4 is 51.8 Å². The Labute approximate surface area is 367 Å². The second-order valence-electron chi connectivity index (χ2n) is 16.9. The largest absolute Gasteiger partial charge is 0.486 e. The Morgan fingerprint density at radius 3 is 1.58 bits per heavy atom. The summed E-state index contributed by atoms with van der Waals surface area (Å²) in [5, 5.41) is 9.63. The lowest BCUT2D eigenvalue weighted by Crippen LogP contribution is -2.18. The molecule has 2 aromatic heterocycles. The third kappa shape index (κ3) is 5.72. The zero-order valence-electron chi connectivity index (χ0n) is 34.5. The molecule has 0 radical (unpaired) electrons. The van der Waals surface area contributed by atoms with Gasteiger partial charge in [-0.1, -0.05) is 100 Å². The molecule has 2 aliphatic carbocycles. The molecule has 8 nitrogen and oxygen atoms in total. The Morgan fingerprint density at radius 1 is 0.597 bits per heavy atom. The Kier molecular flexibility index (Phi) is 8.69. The van der Waals surface area contributed by atoms with E-state index < -0.39 is 11.7 Å². The van der Waals surface area contributed by atoms with Gasteiger partial charge in [-0.05, 0) is 92.5 Å². The van der Waals surface area contributed by atoms with Crippen LogP contribution in [0.2, 0.25) is 0 Å². The first kappa shape index (κ1) is 38.1. The van der Waals surface area contributed by atoms with Crippen LogP contribution >= 0.6 is 22.7 Å². The number of hydrogen-bond acceptors (Lipinski definition) is 8. The topological polar surface area (TPSA) is 81.8 Å². The second-order valence-corrected chi connectivity index (χ2v) is 19.0. The predicted octanol–water partition coefficient (Wildman–Crippen LogP) is 13.1. The van der Waals surface area contributed by atoms with Gasteiger partial charge in [0.05, 0.1) is 26.1 Å². The van der Waals surface area contributed by atoms with Gasteiger partial charge in [0, 0.05) is 27.9 Å². The number of carboxylic acids is 1. The van der Waals surface area contributed by atoms with Crippen molar-refractivity contribution in [2.24, 2.45) is 0 Å². The van der Waals surface area contributed by atoms with Crippen molar-refractivity contribution in [3.63, 3.8) is 0 Å². The number of carboxylic acid groups (broad SMARTS) is 1. The normalized spacial score (nSPS) is 15.8. The van der Waals surface area contributed by atoms with Crippen LogP contribution in [0.4, 0.5) is 17.1 Å². The van der Waals surface area contributed by atoms with Crippen molar-refractivity contribution in [2.75, 3.05) is 31.3 Å². The van der Waals surface area contributed by atoms with Gasteiger partial charge in [0.15, 0.2) is 23.0 Å². The monoisotopic (exact) mass is 852 g/mol. The lowest BCUT2D eigenvalue weighted by Gasteiger charge is -2.30. The smallest absolute Gasteiger partial charge is 0.333 e. The molecule has 62 heavy (non-hydrogen) atoms.